The molecule has 1 atom stereocenters. The summed E-state index contributed by atoms with van der Waals surface area (Å²) in [5, 5.41) is 2.60. The van der Waals surface area contributed by atoms with Gasteiger partial charge in [-0.25, -0.2) is 0 Å². The number of likely N-dealkylation sites (tertiary alicyclic amines) is 1. The fourth-order valence-electron chi connectivity index (χ4n) is 2.31. The summed E-state index contributed by atoms with van der Waals surface area (Å²) in [7, 11) is 1.64. The summed E-state index contributed by atoms with van der Waals surface area (Å²) in [5.74, 6) is 4.64. The fraction of sp³-hybridized carbons (Fsp3) is 0.412. The Labute approximate surface area is 143 Å². The molecule has 0 saturated carbocycles. The molecule has 5 nitrogen and oxygen atoms in total. The van der Waals surface area contributed by atoms with E-state index >= 15 is 0 Å². The van der Waals surface area contributed by atoms with Crippen molar-refractivity contribution in [2.24, 2.45) is 5.92 Å². The van der Waals surface area contributed by atoms with E-state index in [0.717, 1.165) is 12.1 Å². The summed E-state index contributed by atoms with van der Waals surface area (Å²) in [6.45, 7) is 0.373. The molecule has 0 radical (unpaired) electrons. The topological polar surface area (TPSA) is 58.6 Å². The number of carbonyl (C=O) groups excluding carboxylic acids is 2. The van der Waals surface area contributed by atoms with Crippen molar-refractivity contribution in [3.05, 3.63) is 29.8 Å². The minimum absolute atomic E-state index is 0.0688. The second-order valence-electron chi connectivity index (χ2n) is 5.56. The molecule has 134 valence electrons. The standard InChI is InChI=1S/C17H17F3N2O3/c1-22-11-12(9-15(22)23)16(24)21-7-2-3-8-25-14-6-4-5-13(10-14)17(18,19)20/h4-6,10,12H,7-9,11H2,1H3,(H,21,24)/t12-/m0/s1. The zero-order valence-corrected chi connectivity index (χ0v) is 13.5. The fourth-order valence-corrected chi connectivity index (χ4v) is 2.31. The lowest BCUT2D eigenvalue weighted by Gasteiger charge is -2.09. The Hall–Kier alpha value is -2.69. The van der Waals surface area contributed by atoms with E-state index in [9.17, 15) is 22.8 Å². The van der Waals surface area contributed by atoms with E-state index < -0.39 is 11.7 Å². The van der Waals surface area contributed by atoms with Crippen LogP contribution in [-0.2, 0) is 15.8 Å². The second kappa shape index (κ2) is 7.92. The van der Waals surface area contributed by atoms with E-state index in [1.165, 1.54) is 17.0 Å². The smallest absolute Gasteiger partial charge is 0.416 e. The minimum atomic E-state index is -4.43. The SMILES string of the molecule is CN1C[C@@H](C(=O)NCC#CCOc2cccc(C(F)(F)F)c2)CC1=O. The Morgan fingerprint density at radius 3 is 2.80 bits per heavy atom. The molecule has 25 heavy (non-hydrogen) atoms. The van der Waals surface area contributed by atoms with Crippen LogP contribution in [-0.4, -0.2) is 43.5 Å². The van der Waals surface area contributed by atoms with Crippen molar-refractivity contribution in [2.45, 2.75) is 12.6 Å². The normalized spacial score (nSPS) is 17.0. The number of hydrogen-bond donors (Lipinski definition) is 1. The van der Waals surface area contributed by atoms with Gasteiger partial charge >= 0.3 is 6.18 Å². The van der Waals surface area contributed by atoms with Crippen LogP contribution in [0.25, 0.3) is 0 Å². The number of benzene rings is 1. The van der Waals surface area contributed by atoms with Crippen molar-refractivity contribution < 1.29 is 27.5 Å². The Balaban J connectivity index is 1.73. The van der Waals surface area contributed by atoms with Crippen LogP contribution in [0.1, 0.15) is 12.0 Å². The first kappa shape index (κ1) is 18.6. The van der Waals surface area contributed by atoms with E-state index in [1.807, 2.05) is 0 Å². The molecule has 0 bridgehead atoms. The first-order valence-electron chi connectivity index (χ1n) is 7.55. The number of rotatable bonds is 4. The lowest BCUT2D eigenvalue weighted by molar-refractivity contribution is -0.137. The second-order valence-corrected chi connectivity index (χ2v) is 5.56. The molecule has 2 amide bonds. The molecule has 0 aliphatic carbocycles. The maximum atomic E-state index is 12.6. The predicted octanol–water partition coefficient (Wildman–Crippen LogP) is 1.68. The minimum Gasteiger partial charge on any atom is -0.481 e. The molecular weight excluding hydrogens is 337 g/mol. The highest BCUT2D eigenvalue weighted by Gasteiger charge is 2.32. The number of hydrogen-bond acceptors (Lipinski definition) is 3. The first-order chi connectivity index (χ1) is 11.8. The van der Waals surface area contributed by atoms with Crippen LogP contribution in [0.5, 0.6) is 5.75 Å². The average molecular weight is 354 g/mol. The number of halogens is 3. The summed E-state index contributed by atoms with van der Waals surface area (Å²) >= 11 is 0. The van der Waals surface area contributed by atoms with Crippen molar-refractivity contribution in [2.75, 3.05) is 26.7 Å². The van der Waals surface area contributed by atoms with Gasteiger partial charge in [0.15, 0.2) is 0 Å². The highest BCUT2D eigenvalue weighted by Crippen LogP contribution is 2.31. The summed E-state index contributed by atoms with van der Waals surface area (Å²) in [5.41, 5.74) is -0.790. The zero-order valence-electron chi connectivity index (χ0n) is 13.5. The van der Waals surface area contributed by atoms with Crippen LogP contribution < -0.4 is 10.1 Å². The van der Waals surface area contributed by atoms with Crippen molar-refractivity contribution in [1.82, 2.24) is 10.2 Å². The first-order valence-corrected chi connectivity index (χ1v) is 7.55. The van der Waals surface area contributed by atoms with Gasteiger partial charge in [0.25, 0.3) is 0 Å². The van der Waals surface area contributed by atoms with Gasteiger partial charge in [-0.3, -0.25) is 9.59 Å². The van der Waals surface area contributed by atoms with Gasteiger partial charge in [0.2, 0.25) is 11.8 Å². The molecule has 1 heterocycles. The third-order valence-electron chi connectivity index (χ3n) is 3.66. The largest absolute Gasteiger partial charge is 0.481 e. The summed E-state index contributed by atoms with van der Waals surface area (Å²) in [6.07, 6.45) is -4.24. The van der Waals surface area contributed by atoms with E-state index in [-0.39, 0.29) is 43.1 Å². The third-order valence-corrected chi connectivity index (χ3v) is 3.66. The number of nitrogens with one attached hydrogen (secondary N) is 1. The molecule has 8 heteroatoms. The van der Waals surface area contributed by atoms with Crippen molar-refractivity contribution in [3.63, 3.8) is 0 Å². The molecule has 1 aliphatic heterocycles. The van der Waals surface area contributed by atoms with Gasteiger partial charge < -0.3 is 15.0 Å². The third kappa shape index (κ3) is 5.41. The number of amides is 2. The van der Waals surface area contributed by atoms with Gasteiger partial charge in [0, 0.05) is 20.0 Å². The summed E-state index contributed by atoms with van der Waals surface area (Å²) in [6, 6.07) is 4.52. The van der Waals surface area contributed by atoms with E-state index in [0.29, 0.717) is 6.54 Å². The molecule has 0 spiro atoms. The zero-order chi connectivity index (χ0) is 18.4. The molecule has 1 aliphatic rings. The Bertz CT molecular complexity index is 707. The molecule has 0 unspecified atom stereocenters. The molecule has 1 aromatic carbocycles. The maximum Gasteiger partial charge on any atom is 0.416 e. The number of nitrogens with zero attached hydrogens (tertiary/aromatic N) is 1. The van der Waals surface area contributed by atoms with Gasteiger partial charge in [0.05, 0.1) is 18.0 Å². The van der Waals surface area contributed by atoms with Gasteiger partial charge in [-0.05, 0) is 18.2 Å². The van der Waals surface area contributed by atoms with Crippen LogP contribution in [0.15, 0.2) is 24.3 Å². The van der Waals surface area contributed by atoms with Gasteiger partial charge in [0.1, 0.15) is 12.4 Å². The highest BCUT2D eigenvalue weighted by atomic mass is 19.4. The van der Waals surface area contributed by atoms with Gasteiger partial charge in [-0.15, -0.1) is 0 Å². The Kier molecular flexibility index (Phi) is 5.91. The van der Waals surface area contributed by atoms with E-state index in [4.69, 9.17) is 4.74 Å². The highest BCUT2D eigenvalue weighted by molar-refractivity contribution is 5.89. The van der Waals surface area contributed by atoms with Crippen molar-refractivity contribution in [1.29, 1.82) is 0 Å². The molecule has 1 saturated heterocycles. The number of carbonyl (C=O) groups is 2. The van der Waals surface area contributed by atoms with Crippen LogP contribution in [0.2, 0.25) is 0 Å². The molecule has 2 rings (SSSR count). The number of alkyl halides is 3. The van der Waals surface area contributed by atoms with Crippen LogP contribution >= 0.6 is 0 Å². The van der Waals surface area contributed by atoms with Crippen LogP contribution in [0.3, 0.4) is 0 Å². The monoisotopic (exact) mass is 354 g/mol. The van der Waals surface area contributed by atoms with Crippen molar-refractivity contribution in [3.8, 4) is 17.6 Å². The lowest BCUT2D eigenvalue weighted by Crippen LogP contribution is -2.32. The summed E-state index contributed by atoms with van der Waals surface area (Å²) < 4.78 is 42.8. The maximum absolute atomic E-state index is 12.6. The van der Waals surface area contributed by atoms with Crippen molar-refractivity contribution >= 4 is 11.8 Å². The molecule has 0 aromatic heterocycles. The van der Waals surface area contributed by atoms with Gasteiger partial charge in [-0.1, -0.05) is 17.9 Å². The van der Waals surface area contributed by atoms with Crippen LogP contribution in [0, 0.1) is 17.8 Å². The molecule has 1 fully saturated rings. The average Bonchev–Trinajstić information content (AvgIpc) is 2.89. The summed E-state index contributed by atoms with van der Waals surface area (Å²) in [4.78, 5) is 24.7. The van der Waals surface area contributed by atoms with Gasteiger partial charge in [-0.2, -0.15) is 13.2 Å². The predicted molar refractivity (Wildman–Crippen MR) is 83.5 cm³/mol. The lowest BCUT2D eigenvalue weighted by atomic mass is 10.1. The van der Waals surface area contributed by atoms with Crippen LogP contribution in [0.4, 0.5) is 13.2 Å². The molecular formula is C17H17F3N2O3. The Morgan fingerprint density at radius 1 is 1.40 bits per heavy atom. The van der Waals surface area contributed by atoms with E-state index in [1.54, 1.807) is 7.05 Å². The Morgan fingerprint density at radius 2 is 2.16 bits per heavy atom. The molecule has 1 N–H and O–H groups in total. The quantitative estimate of drug-likeness (QED) is 0.837. The van der Waals surface area contributed by atoms with E-state index in [2.05, 4.69) is 17.2 Å². The molecule has 1 aromatic rings. The number of ether oxygens (including phenoxy) is 1.